The highest BCUT2D eigenvalue weighted by Gasteiger charge is 2.09. The molecule has 0 saturated heterocycles. The molecule has 1 amide bonds. The van der Waals surface area contributed by atoms with Gasteiger partial charge in [0.1, 0.15) is 19.0 Å². The summed E-state index contributed by atoms with van der Waals surface area (Å²) >= 11 is 0. The quantitative estimate of drug-likeness (QED) is 0.814. The fourth-order valence-electron chi connectivity index (χ4n) is 1.90. The Labute approximate surface area is 125 Å². The number of aromatic nitrogens is 1. The van der Waals surface area contributed by atoms with E-state index in [4.69, 9.17) is 10.5 Å². The normalized spacial score (nSPS) is 10.5. The van der Waals surface area contributed by atoms with Crippen molar-refractivity contribution in [2.75, 3.05) is 0 Å². The molecule has 2 rings (SSSR count). The van der Waals surface area contributed by atoms with Crippen molar-refractivity contribution in [3.63, 3.8) is 0 Å². The predicted molar refractivity (Wildman–Crippen MR) is 76.6 cm³/mol. The fourth-order valence-corrected chi connectivity index (χ4v) is 1.90. The number of hydrogen-bond donors (Lipinski definition) is 2. The Morgan fingerprint density at radius 3 is 2.59 bits per heavy atom. The number of hydrogen-bond acceptors (Lipinski definition) is 4. The number of carbonyl (C=O) groups is 1. The molecule has 0 spiro atoms. The Bertz CT molecular complexity index is 725. The minimum atomic E-state index is -0.608. The number of carbonyl (C=O) groups excluding carboxylic acids is 1. The van der Waals surface area contributed by atoms with E-state index in [1.54, 1.807) is 12.1 Å². The Morgan fingerprint density at radius 2 is 2.00 bits per heavy atom. The molecule has 3 N–H and O–H groups in total. The van der Waals surface area contributed by atoms with Gasteiger partial charge in [-0.15, -0.1) is 0 Å². The third kappa shape index (κ3) is 3.92. The summed E-state index contributed by atoms with van der Waals surface area (Å²) in [7, 11) is 0. The highest BCUT2D eigenvalue weighted by Crippen LogP contribution is 2.11. The van der Waals surface area contributed by atoms with Crippen LogP contribution in [0.4, 0.5) is 4.39 Å². The van der Waals surface area contributed by atoms with Gasteiger partial charge in [-0.05, 0) is 17.7 Å². The third-order valence-electron chi connectivity index (χ3n) is 2.98. The first-order valence-corrected chi connectivity index (χ1v) is 6.49. The van der Waals surface area contributed by atoms with Gasteiger partial charge in [0.05, 0.1) is 12.8 Å². The molecule has 1 aromatic carbocycles. The number of amides is 1. The molecule has 0 saturated carbocycles. The number of nitrogens with two attached hydrogens (primary N) is 1. The highest BCUT2D eigenvalue weighted by atomic mass is 19.1. The maximum Gasteiger partial charge on any atom is 0.237 e. The fraction of sp³-hybridized carbons (Fsp3) is 0.200. The Hall–Kier alpha value is -2.67. The number of halogens is 1. The van der Waals surface area contributed by atoms with Crippen molar-refractivity contribution >= 4 is 5.91 Å². The average molecular weight is 306 g/mol. The lowest BCUT2D eigenvalue weighted by atomic mass is 10.2. The molecule has 0 fully saturated rings. The van der Waals surface area contributed by atoms with E-state index in [-0.39, 0.29) is 30.4 Å². The lowest BCUT2D eigenvalue weighted by Crippen LogP contribution is -2.23. The van der Waals surface area contributed by atoms with Crippen LogP contribution in [0.5, 0.6) is 5.75 Å². The molecule has 0 aliphatic carbocycles. The van der Waals surface area contributed by atoms with E-state index in [2.05, 4.69) is 0 Å². The number of aliphatic hydroxyl groups excluding tert-OH is 1. The van der Waals surface area contributed by atoms with E-state index in [0.717, 1.165) is 0 Å². The molecule has 0 aliphatic heterocycles. The highest BCUT2D eigenvalue weighted by molar-refractivity contribution is 5.73. The Balaban J connectivity index is 2.21. The van der Waals surface area contributed by atoms with Crippen molar-refractivity contribution in [2.24, 2.45) is 5.73 Å². The molecule has 0 bridgehead atoms. The maximum absolute atomic E-state index is 12.8. The molecular formula is C15H15FN2O4. The predicted octanol–water partition coefficient (Wildman–Crippen LogP) is 0.544. The summed E-state index contributed by atoms with van der Waals surface area (Å²) in [6.45, 7) is -0.506. The van der Waals surface area contributed by atoms with Gasteiger partial charge in [-0.1, -0.05) is 12.1 Å². The van der Waals surface area contributed by atoms with Crippen LogP contribution in [0, 0.1) is 5.82 Å². The van der Waals surface area contributed by atoms with Gasteiger partial charge >= 0.3 is 0 Å². The van der Waals surface area contributed by atoms with Crippen molar-refractivity contribution < 1.29 is 19.0 Å². The molecule has 116 valence electrons. The molecule has 7 heteroatoms. The molecular weight excluding hydrogens is 291 g/mol. The number of rotatable bonds is 6. The van der Waals surface area contributed by atoms with Crippen LogP contribution in [0.25, 0.3) is 0 Å². The molecule has 0 aliphatic rings. The molecule has 0 atom stereocenters. The van der Waals surface area contributed by atoms with Gasteiger partial charge in [0.25, 0.3) is 0 Å². The van der Waals surface area contributed by atoms with E-state index in [1.165, 1.54) is 29.0 Å². The molecule has 0 unspecified atom stereocenters. The monoisotopic (exact) mass is 306 g/mol. The van der Waals surface area contributed by atoms with Crippen LogP contribution < -0.4 is 15.9 Å². The van der Waals surface area contributed by atoms with E-state index < -0.39 is 17.9 Å². The number of benzene rings is 1. The van der Waals surface area contributed by atoms with Crippen molar-refractivity contribution in [2.45, 2.75) is 19.8 Å². The van der Waals surface area contributed by atoms with Gasteiger partial charge in [-0.25, -0.2) is 4.39 Å². The second kappa shape index (κ2) is 6.86. The van der Waals surface area contributed by atoms with Gasteiger partial charge in [0.15, 0.2) is 5.75 Å². The standard InChI is InChI=1S/C15H15FN2O4/c16-11-3-1-10(2-4-11)9-22-14-6-18(7-15(17)21)12(8-19)5-13(14)20/h1-6,19H,7-9H2,(H2,17,21). The number of ether oxygens (including phenoxy) is 1. The van der Waals surface area contributed by atoms with Crippen molar-refractivity contribution in [1.82, 2.24) is 4.57 Å². The van der Waals surface area contributed by atoms with Crippen LogP contribution in [0.2, 0.25) is 0 Å². The van der Waals surface area contributed by atoms with E-state index in [1.807, 2.05) is 0 Å². The van der Waals surface area contributed by atoms with Gasteiger partial charge in [0.2, 0.25) is 11.3 Å². The summed E-state index contributed by atoms with van der Waals surface area (Å²) in [6.07, 6.45) is 1.32. The smallest absolute Gasteiger partial charge is 0.237 e. The van der Waals surface area contributed by atoms with E-state index in [0.29, 0.717) is 5.56 Å². The minimum Gasteiger partial charge on any atom is -0.483 e. The molecule has 0 radical (unpaired) electrons. The summed E-state index contributed by atoms with van der Waals surface area (Å²) in [5, 5.41) is 9.19. The van der Waals surface area contributed by atoms with E-state index >= 15 is 0 Å². The Morgan fingerprint density at radius 1 is 1.32 bits per heavy atom. The zero-order valence-electron chi connectivity index (χ0n) is 11.7. The van der Waals surface area contributed by atoms with Gasteiger partial charge in [-0.2, -0.15) is 0 Å². The number of aliphatic hydroxyl groups is 1. The van der Waals surface area contributed by atoms with Crippen LogP contribution in [0.1, 0.15) is 11.3 Å². The zero-order valence-corrected chi connectivity index (χ0v) is 11.7. The van der Waals surface area contributed by atoms with E-state index in [9.17, 15) is 19.1 Å². The molecule has 2 aromatic rings. The first-order chi connectivity index (χ1) is 10.5. The van der Waals surface area contributed by atoms with Crippen LogP contribution >= 0.6 is 0 Å². The lowest BCUT2D eigenvalue weighted by molar-refractivity contribution is -0.118. The first kappa shape index (κ1) is 15.7. The number of primary amides is 1. The Kier molecular flexibility index (Phi) is 4.90. The minimum absolute atomic E-state index is 0.0165. The second-order valence-electron chi connectivity index (χ2n) is 4.66. The lowest BCUT2D eigenvalue weighted by Gasteiger charge is -2.13. The van der Waals surface area contributed by atoms with Crippen LogP contribution in [-0.2, 0) is 24.6 Å². The average Bonchev–Trinajstić information content (AvgIpc) is 2.48. The van der Waals surface area contributed by atoms with Crippen LogP contribution in [-0.4, -0.2) is 15.6 Å². The maximum atomic E-state index is 12.8. The molecule has 1 heterocycles. The summed E-state index contributed by atoms with van der Waals surface area (Å²) in [6, 6.07) is 6.85. The number of pyridine rings is 1. The molecule has 1 aromatic heterocycles. The SMILES string of the molecule is NC(=O)Cn1cc(OCc2ccc(F)cc2)c(=O)cc1CO. The largest absolute Gasteiger partial charge is 0.483 e. The summed E-state index contributed by atoms with van der Waals surface area (Å²) in [4.78, 5) is 22.9. The van der Waals surface area contributed by atoms with Crippen molar-refractivity contribution in [3.05, 3.63) is 63.8 Å². The summed E-state index contributed by atoms with van der Waals surface area (Å²) in [5.74, 6) is -0.953. The zero-order chi connectivity index (χ0) is 16.1. The van der Waals surface area contributed by atoms with Gasteiger partial charge in [0, 0.05) is 11.8 Å². The van der Waals surface area contributed by atoms with Crippen molar-refractivity contribution in [3.8, 4) is 5.75 Å². The summed E-state index contributed by atoms with van der Waals surface area (Å²) in [5.41, 5.74) is 5.65. The first-order valence-electron chi connectivity index (χ1n) is 6.49. The summed E-state index contributed by atoms with van der Waals surface area (Å²) < 4.78 is 19.6. The van der Waals surface area contributed by atoms with Crippen LogP contribution in [0.15, 0.2) is 41.3 Å². The van der Waals surface area contributed by atoms with Crippen LogP contribution in [0.3, 0.4) is 0 Å². The van der Waals surface area contributed by atoms with Crippen molar-refractivity contribution in [1.29, 1.82) is 0 Å². The topological polar surface area (TPSA) is 94.5 Å². The molecule has 6 nitrogen and oxygen atoms in total. The number of nitrogens with zero attached hydrogens (tertiary/aromatic N) is 1. The molecule has 22 heavy (non-hydrogen) atoms. The van der Waals surface area contributed by atoms with Gasteiger partial charge in [-0.3, -0.25) is 9.59 Å². The third-order valence-corrected chi connectivity index (χ3v) is 2.98. The van der Waals surface area contributed by atoms with Gasteiger partial charge < -0.3 is 20.1 Å². The second-order valence-corrected chi connectivity index (χ2v) is 4.66.